The lowest BCUT2D eigenvalue weighted by Crippen LogP contribution is -2.52. The van der Waals surface area contributed by atoms with Crippen molar-refractivity contribution in [2.45, 2.75) is 64.5 Å². The summed E-state index contributed by atoms with van der Waals surface area (Å²) in [6.45, 7) is 8.10. The second kappa shape index (κ2) is 11.3. The Bertz CT molecular complexity index is 1150. The summed E-state index contributed by atoms with van der Waals surface area (Å²) in [5.41, 5.74) is 9.58. The molecule has 3 aliphatic heterocycles. The molecule has 0 bridgehead atoms. The Kier molecular flexibility index (Phi) is 7.88. The molecule has 1 aromatic heterocycles. The van der Waals surface area contributed by atoms with Crippen LogP contribution in [-0.4, -0.2) is 65.9 Å². The number of pyridine rings is 1. The van der Waals surface area contributed by atoms with Crippen LogP contribution in [0.25, 0.3) is 0 Å². The molecule has 204 valence electrons. The molecule has 3 N–H and O–H groups in total. The van der Waals surface area contributed by atoms with Gasteiger partial charge >= 0.3 is 11.8 Å². The average molecular weight is 519 g/mol. The van der Waals surface area contributed by atoms with E-state index in [9.17, 15) is 9.59 Å². The van der Waals surface area contributed by atoms with Crippen LogP contribution in [0.15, 0.2) is 36.5 Å². The summed E-state index contributed by atoms with van der Waals surface area (Å²) >= 11 is 0. The second-order valence-corrected chi connectivity index (χ2v) is 11.5. The maximum Gasteiger partial charge on any atom is 0.313 e. The monoisotopic (exact) mass is 518 g/mol. The molecular formula is C30H42N6O2. The Morgan fingerprint density at radius 2 is 1.87 bits per heavy atom. The van der Waals surface area contributed by atoms with Crippen molar-refractivity contribution in [3.63, 3.8) is 0 Å². The molecule has 5 rings (SSSR count). The van der Waals surface area contributed by atoms with Crippen LogP contribution in [0.1, 0.15) is 63.1 Å². The lowest BCUT2D eigenvalue weighted by Gasteiger charge is -2.46. The van der Waals surface area contributed by atoms with Crippen LogP contribution in [0.2, 0.25) is 0 Å². The van der Waals surface area contributed by atoms with Crippen molar-refractivity contribution in [2.75, 3.05) is 49.2 Å². The number of aromatic nitrogens is 1. The number of hydrogen-bond donors (Lipinski definition) is 2. The number of piperidine rings is 3. The number of benzene rings is 1. The van der Waals surface area contributed by atoms with Gasteiger partial charge in [-0.15, -0.1) is 0 Å². The zero-order chi connectivity index (χ0) is 26.8. The van der Waals surface area contributed by atoms with Gasteiger partial charge in [0.2, 0.25) is 0 Å². The van der Waals surface area contributed by atoms with Gasteiger partial charge in [0, 0.05) is 31.4 Å². The number of nitrogen functional groups attached to an aromatic ring is 1. The number of nitrogens with two attached hydrogens (primary N) is 1. The van der Waals surface area contributed by atoms with Crippen LogP contribution >= 0.6 is 0 Å². The Balaban J connectivity index is 1.28. The molecule has 4 heterocycles. The lowest BCUT2D eigenvalue weighted by molar-refractivity contribution is -0.146. The van der Waals surface area contributed by atoms with E-state index < -0.39 is 11.8 Å². The van der Waals surface area contributed by atoms with E-state index in [-0.39, 0.29) is 6.04 Å². The number of anilines is 3. The van der Waals surface area contributed by atoms with Crippen molar-refractivity contribution in [1.82, 2.24) is 14.8 Å². The zero-order valence-corrected chi connectivity index (χ0v) is 23.0. The minimum atomic E-state index is -0.630. The Hall–Kier alpha value is -3.13. The molecule has 2 amide bonds. The van der Waals surface area contributed by atoms with Gasteiger partial charge in [-0.3, -0.25) is 9.59 Å². The van der Waals surface area contributed by atoms with E-state index in [4.69, 9.17) is 5.73 Å². The molecule has 3 aliphatic rings. The quantitative estimate of drug-likeness (QED) is 0.592. The van der Waals surface area contributed by atoms with Crippen molar-refractivity contribution >= 4 is 29.0 Å². The second-order valence-electron chi connectivity index (χ2n) is 11.5. The standard InChI is InChI=1S/C30H42N6O2/c1-4-21-16-24(17-32-28(21)31)33-29(37)30(38)36-18-20(2)7-12-27(36)22-8-10-25(11-9-22)35-15-13-26-23(19-35)6-5-14-34(26)3/h8-11,16-17,20,23,26-27H,4-7,12-15,18-19H2,1-3H3,(H2,31,32)(H,33,37)/t20-,23+,26-,27+/m0/s1. The molecule has 0 unspecified atom stereocenters. The van der Waals surface area contributed by atoms with Crippen molar-refractivity contribution < 1.29 is 9.59 Å². The number of carbonyl (C=O) groups excluding carboxylic acids is 2. The van der Waals surface area contributed by atoms with Gasteiger partial charge in [0.05, 0.1) is 17.9 Å². The predicted octanol–water partition coefficient (Wildman–Crippen LogP) is 4.09. The molecule has 2 aromatic rings. The van der Waals surface area contributed by atoms with Gasteiger partial charge in [0.1, 0.15) is 5.82 Å². The first-order chi connectivity index (χ1) is 18.3. The minimum Gasteiger partial charge on any atom is -0.383 e. The van der Waals surface area contributed by atoms with Gasteiger partial charge in [-0.2, -0.15) is 0 Å². The molecule has 3 saturated heterocycles. The molecule has 4 atom stereocenters. The fourth-order valence-corrected chi connectivity index (χ4v) is 6.71. The summed E-state index contributed by atoms with van der Waals surface area (Å²) in [6, 6.07) is 11.1. The Labute approximate surface area is 226 Å². The van der Waals surface area contributed by atoms with Crippen LogP contribution in [0.5, 0.6) is 0 Å². The summed E-state index contributed by atoms with van der Waals surface area (Å²) in [5, 5.41) is 2.75. The van der Waals surface area contributed by atoms with Gasteiger partial charge in [-0.1, -0.05) is 26.0 Å². The molecule has 0 aliphatic carbocycles. The topological polar surface area (TPSA) is 94.8 Å². The van der Waals surface area contributed by atoms with E-state index in [0.717, 1.165) is 43.0 Å². The number of amides is 2. The van der Waals surface area contributed by atoms with Crippen molar-refractivity contribution in [1.29, 1.82) is 0 Å². The SMILES string of the molecule is CCc1cc(NC(=O)C(=O)N2C[C@@H](C)CC[C@@H]2c2ccc(N3CC[C@H]4[C@H](CCCN4C)C3)cc2)cnc1N. The van der Waals surface area contributed by atoms with Gasteiger partial charge in [0.15, 0.2) is 0 Å². The number of likely N-dealkylation sites (tertiary alicyclic amines) is 2. The highest BCUT2D eigenvalue weighted by Crippen LogP contribution is 2.36. The largest absolute Gasteiger partial charge is 0.383 e. The third kappa shape index (κ3) is 5.51. The van der Waals surface area contributed by atoms with Crippen LogP contribution in [0.4, 0.5) is 17.2 Å². The molecule has 3 fully saturated rings. The normalized spacial score (nSPS) is 26.1. The van der Waals surface area contributed by atoms with Crippen LogP contribution in [-0.2, 0) is 16.0 Å². The number of fused-ring (bicyclic) bond motifs is 1. The molecular weight excluding hydrogens is 476 g/mol. The van der Waals surface area contributed by atoms with E-state index in [0.29, 0.717) is 36.4 Å². The van der Waals surface area contributed by atoms with Gasteiger partial charge in [-0.05, 0) is 93.3 Å². The predicted molar refractivity (Wildman–Crippen MR) is 152 cm³/mol. The molecule has 8 heteroatoms. The number of carbonyl (C=O) groups is 2. The van der Waals surface area contributed by atoms with Crippen molar-refractivity contribution in [3.05, 3.63) is 47.7 Å². The zero-order valence-electron chi connectivity index (χ0n) is 23.0. The fraction of sp³-hybridized carbons (Fsp3) is 0.567. The van der Waals surface area contributed by atoms with E-state index in [1.54, 1.807) is 11.0 Å². The highest BCUT2D eigenvalue weighted by atomic mass is 16.2. The maximum absolute atomic E-state index is 13.4. The van der Waals surface area contributed by atoms with E-state index >= 15 is 0 Å². The number of hydrogen-bond acceptors (Lipinski definition) is 6. The summed E-state index contributed by atoms with van der Waals surface area (Å²) in [4.78, 5) is 37.4. The number of nitrogens with one attached hydrogen (secondary N) is 1. The minimum absolute atomic E-state index is 0.105. The van der Waals surface area contributed by atoms with Gasteiger partial charge < -0.3 is 25.8 Å². The summed E-state index contributed by atoms with van der Waals surface area (Å²) in [6.07, 6.45) is 7.90. The summed E-state index contributed by atoms with van der Waals surface area (Å²) in [7, 11) is 2.27. The Morgan fingerprint density at radius 3 is 2.63 bits per heavy atom. The maximum atomic E-state index is 13.4. The third-order valence-electron chi connectivity index (χ3n) is 8.90. The highest BCUT2D eigenvalue weighted by Gasteiger charge is 2.36. The summed E-state index contributed by atoms with van der Waals surface area (Å²) < 4.78 is 0. The first kappa shape index (κ1) is 26.5. The van der Waals surface area contributed by atoms with Crippen molar-refractivity contribution in [3.8, 4) is 0 Å². The molecule has 8 nitrogen and oxygen atoms in total. The molecule has 38 heavy (non-hydrogen) atoms. The van der Waals surface area contributed by atoms with Gasteiger partial charge in [-0.25, -0.2) is 4.98 Å². The highest BCUT2D eigenvalue weighted by molar-refractivity contribution is 6.39. The lowest BCUT2D eigenvalue weighted by atomic mass is 9.84. The molecule has 1 aromatic carbocycles. The number of nitrogens with zero attached hydrogens (tertiary/aromatic N) is 4. The van der Waals surface area contributed by atoms with E-state index in [1.807, 2.05) is 6.92 Å². The van der Waals surface area contributed by atoms with Crippen LogP contribution in [0.3, 0.4) is 0 Å². The smallest absolute Gasteiger partial charge is 0.313 e. The van der Waals surface area contributed by atoms with E-state index in [1.165, 1.54) is 37.7 Å². The Morgan fingerprint density at radius 1 is 1.08 bits per heavy atom. The number of aryl methyl sites for hydroxylation is 1. The summed E-state index contributed by atoms with van der Waals surface area (Å²) in [5.74, 6) is 0.402. The molecule has 0 spiro atoms. The first-order valence-electron chi connectivity index (χ1n) is 14.3. The molecule has 0 saturated carbocycles. The fourth-order valence-electron chi connectivity index (χ4n) is 6.71. The van der Waals surface area contributed by atoms with Gasteiger partial charge in [0.25, 0.3) is 0 Å². The molecule has 0 radical (unpaired) electrons. The average Bonchev–Trinajstić information content (AvgIpc) is 2.93. The van der Waals surface area contributed by atoms with Crippen LogP contribution in [0, 0.1) is 11.8 Å². The van der Waals surface area contributed by atoms with Crippen LogP contribution < -0.4 is 16.0 Å². The van der Waals surface area contributed by atoms with Crippen molar-refractivity contribution in [2.24, 2.45) is 11.8 Å². The number of rotatable bonds is 4. The third-order valence-corrected chi connectivity index (χ3v) is 8.90. The van der Waals surface area contributed by atoms with E-state index in [2.05, 4.69) is 58.3 Å². The first-order valence-corrected chi connectivity index (χ1v) is 14.3.